The number of hydrogen-bond acceptors (Lipinski definition) is 2. The Balaban J connectivity index is 2.58. The van der Waals surface area contributed by atoms with E-state index in [-0.39, 0.29) is 6.04 Å². The summed E-state index contributed by atoms with van der Waals surface area (Å²) in [6, 6.07) is 8.48. The summed E-state index contributed by atoms with van der Waals surface area (Å²) in [5, 5.41) is 0. The van der Waals surface area contributed by atoms with Crippen LogP contribution in [0.5, 0.6) is 0 Å². The van der Waals surface area contributed by atoms with Crippen LogP contribution in [0.2, 0.25) is 0 Å². The van der Waals surface area contributed by atoms with Gasteiger partial charge < -0.3 is 11.5 Å². The summed E-state index contributed by atoms with van der Waals surface area (Å²) in [6.45, 7) is 7.31. The van der Waals surface area contributed by atoms with E-state index in [1.807, 2.05) is 0 Å². The van der Waals surface area contributed by atoms with Crippen molar-refractivity contribution in [1.82, 2.24) is 0 Å². The van der Waals surface area contributed by atoms with E-state index < -0.39 is 0 Å². The largest absolute Gasteiger partial charge is 0.329 e. The van der Waals surface area contributed by atoms with Crippen molar-refractivity contribution in [3.8, 4) is 0 Å². The second-order valence-electron chi connectivity index (χ2n) is 5.64. The first-order valence-corrected chi connectivity index (χ1v) is 5.97. The van der Waals surface area contributed by atoms with Crippen LogP contribution in [0.1, 0.15) is 44.4 Å². The first-order valence-electron chi connectivity index (χ1n) is 5.97. The molecule has 16 heavy (non-hydrogen) atoms. The Kier molecular flexibility index (Phi) is 4.51. The van der Waals surface area contributed by atoms with Gasteiger partial charge in [0.2, 0.25) is 0 Å². The molecule has 0 bridgehead atoms. The summed E-state index contributed by atoms with van der Waals surface area (Å²) < 4.78 is 0. The predicted molar refractivity (Wildman–Crippen MR) is 70.2 cm³/mol. The highest BCUT2D eigenvalue weighted by Crippen LogP contribution is 2.21. The third-order valence-corrected chi connectivity index (χ3v) is 2.83. The minimum atomic E-state index is -0.0309. The van der Waals surface area contributed by atoms with E-state index in [0.717, 1.165) is 12.0 Å². The Morgan fingerprint density at radius 3 is 2.12 bits per heavy atom. The lowest BCUT2D eigenvalue weighted by Gasteiger charge is -2.18. The molecule has 0 aromatic heterocycles. The van der Waals surface area contributed by atoms with Crippen molar-refractivity contribution >= 4 is 0 Å². The molecule has 0 aliphatic heterocycles. The molecule has 1 rings (SSSR count). The van der Waals surface area contributed by atoms with E-state index in [9.17, 15) is 0 Å². The Morgan fingerprint density at radius 1 is 1.12 bits per heavy atom. The van der Waals surface area contributed by atoms with Crippen molar-refractivity contribution in [1.29, 1.82) is 0 Å². The van der Waals surface area contributed by atoms with Crippen LogP contribution in [0.4, 0.5) is 0 Å². The topological polar surface area (TPSA) is 52.0 Å². The van der Waals surface area contributed by atoms with Crippen LogP contribution >= 0.6 is 0 Å². The van der Waals surface area contributed by atoms with Gasteiger partial charge in [0.1, 0.15) is 0 Å². The number of aryl methyl sites for hydroxylation is 1. The highest BCUT2D eigenvalue weighted by Gasteiger charge is 2.10. The van der Waals surface area contributed by atoms with Gasteiger partial charge in [-0.1, -0.05) is 45.0 Å². The Labute approximate surface area is 99.0 Å². The number of benzene rings is 1. The zero-order valence-electron chi connectivity index (χ0n) is 10.7. The van der Waals surface area contributed by atoms with Crippen molar-refractivity contribution in [3.05, 3.63) is 35.4 Å². The highest BCUT2D eigenvalue weighted by molar-refractivity contribution is 5.25. The molecule has 0 aliphatic rings. The maximum absolute atomic E-state index is 5.86. The molecule has 4 N–H and O–H groups in total. The fourth-order valence-electron chi connectivity index (χ4n) is 1.59. The van der Waals surface area contributed by atoms with Crippen molar-refractivity contribution in [2.45, 2.75) is 39.7 Å². The maximum Gasteiger partial charge on any atom is 0.0419 e. The van der Waals surface area contributed by atoms with Gasteiger partial charge >= 0.3 is 0 Å². The van der Waals surface area contributed by atoms with Crippen LogP contribution in [0.25, 0.3) is 0 Å². The van der Waals surface area contributed by atoms with Crippen LogP contribution in [0, 0.1) is 5.41 Å². The highest BCUT2D eigenvalue weighted by atomic mass is 14.7. The molecular weight excluding hydrogens is 196 g/mol. The standard InChI is InChI=1S/C14H24N2/c1-14(2,3)9-8-11-4-6-12(7-5-11)13(16)10-15/h4-7,13H,8-10,15-16H2,1-3H3. The van der Waals surface area contributed by atoms with E-state index >= 15 is 0 Å². The molecule has 0 spiro atoms. The van der Waals surface area contributed by atoms with Gasteiger partial charge in [-0.2, -0.15) is 0 Å². The Hall–Kier alpha value is -0.860. The van der Waals surface area contributed by atoms with E-state index in [2.05, 4.69) is 45.0 Å². The van der Waals surface area contributed by atoms with Gasteiger partial charge in [-0.05, 0) is 29.4 Å². The molecule has 1 aromatic carbocycles. The normalized spacial score (nSPS) is 13.8. The fourth-order valence-corrected chi connectivity index (χ4v) is 1.59. The van der Waals surface area contributed by atoms with Crippen LogP contribution in [0.15, 0.2) is 24.3 Å². The Bertz CT molecular complexity index is 309. The van der Waals surface area contributed by atoms with Crippen molar-refractivity contribution < 1.29 is 0 Å². The van der Waals surface area contributed by atoms with E-state index in [0.29, 0.717) is 12.0 Å². The van der Waals surface area contributed by atoms with Crippen LogP contribution in [0.3, 0.4) is 0 Å². The molecule has 1 atom stereocenters. The predicted octanol–water partition coefficient (Wildman–Crippen LogP) is 2.62. The monoisotopic (exact) mass is 220 g/mol. The van der Waals surface area contributed by atoms with Gasteiger partial charge in [0.15, 0.2) is 0 Å². The second-order valence-corrected chi connectivity index (χ2v) is 5.64. The molecule has 2 heteroatoms. The molecule has 1 unspecified atom stereocenters. The van der Waals surface area contributed by atoms with E-state index in [1.165, 1.54) is 12.0 Å². The van der Waals surface area contributed by atoms with Crippen molar-refractivity contribution in [3.63, 3.8) is 0 Å². The quantitative estimate of drug-likeness (QED) is 0.819. The van der Waals surface area contributed by atoms with Crippen LogP contribution in [-0.2, 0) is 6.42 Å². The Morgan fingerprint density at radius 2 is 1.69 bits per heavy atom. The lowest BCUT2D eigenvalue weighted by molar-refractivity contribution is 0.378. The van der Waals surface area contributed by atoms with Gasteiger partial charge in [0.25, 0.3) is 0 Å². The first-order chi connectivity index (χ1) is 7.42. The summed E-state index contributed by atoms with van der Waals surface area (Å²) in [7, 11) is 0. The van der Waals surface area contributed by atoms with Gasteiger partial charge in [-0.3, -0.25) is 0 Å². The minimum absolute atomic E-state index is 0.0309. The summed E-state index contributed by atoms with van der Waals surface area (Å²) >= 11 is 0. The molecular formula is C14H24N2. The lowest BCUT2D eigenvalue weighted by Crippen LogP contribution is -2.20. The maximum atomic E-state index is 5.86. The molecule has 0 heterocycles. The first kappa shape index (κ1) is 13.2. The molecule has 0 saturated carbocycles. The van der Waals surface area contributed by atoms with Gasteiger partial charge in [-0.15, -0.1) is 0 Å². The van der Waals surface area contributed by atoms with E-state index in [4.69, 9.17) is 11.5 Å². The molecule has 0 aliphatic carbocycles. The van der Waals surface area contributed by atoms with Crippen molar-refractivity contribution in [2.75, 3.05) is 6.54 Å². The smallest absolute Gasteiger partial charge is 0.0419 e. The average molecular weight is 220 g/mol. The van der Waals surface area contributed by atoms with Crippen LogP contribution < -0.4 is 11.5 Å². The lowest BCUT2D eigenvalue weighted by atomic mass is 9.88. The van der Waals surface area contributed by atoms with Crippen LogP contribution in [-0.4, -0.2) is 6.54 Å². The summed E-state index contributed by atoms with van der Waals surface area (Å²) in [5.74, 6) is 0. The molecule has 0 radical (unpaired) electrons. The summed E-state index contributed by atoms with van der Waals surface area (Å²) in [4.78, 5) is 0. The second kappa shape index (κ2) is 5.46. The minimum Gasteiger partial charge on any atom is -0.329 e. The molecule has 0 saturated heterocycles. The number of rotatable bonds is 4. The van der Waals surface area contributed by atoms with Gasteiger partial charge in [0, 0.05) is 12.6 Å². The molecule has 1 aromatic rings. The average Bonchev–Trinajstić information content (AvgIpc) is 2.25. The van der Waals surface area contributed by atoms with Gasteiger partial charge in [0.05, 0.1) is 0 Å². The summed E-state index contributed by atoms with van der Waals surface area (Å²) in [6.07, 6.45) is 2.33. The zero-order chi connectivity index (χ0) is 12.2. The number of nitrogens with two attached hydrogens (primary N) is 2. The SMILES string of the molecule is CC(C)(C)CCc1ccc(C(N)CN)cc1. The fraction of sp³-hybridized carbons (Fsp3) is 0.571. The van der Waals surface area contributed by atoms with Crippen molar-refractivity contribution in [2.24, 2.45) is 16.9 Å². The third-order valence-electron chi connectivity index (χ3n) is 2.83. The molecule has 0 fully saturated rings. The summed E-state index contributed by atoms with van der Waals surface area (Å²) in [5.41, 5.74) is 14.3. The zero-order valence-corrected chi connectivity index (χ0v) is 10.7. The third kappa shape index (κ3) is 4.33. The van der Waals surface area contributed by atoms with Gasteiger partial charge in [-0.25, -0.2) is 0 Å². The molecule has 2 nitrogen and oxygen atoms in total. The molecule has 90 valence electrons. The van der Waals surface area contributed by atoms with E-state index in [1.54, 1.807) is 0 Å². The number of hydrogen-bond donors (Lipinski definition) is 2. The molecule has 0 amide bonds.